The Kier molecular flexibility index (Phi) is 6.89. The fourth-order valence-corrected chi connectivity index (χ4v) is 3.20. The number of alkyl halides is 3. The Hall–Kier alpha value is -3.13. The second-order valence-corrected chi connectivity index (χ2v) is 6.94. The van der Waals surface area contributed by atoms with Crippen LogP contribution in [0.4, 0.5) is 18.9 Å². The summed E-state index contributed by atoms with van der Waals surface area (Å²) in [5.74, 6) is -0.627. The zero-order valence-corrected chi connectivity index (χ0v) is 16.2. The molecule has 0 saturated carbocycles. The van der Waals surface area contributed by atoms with Crippen LogP contribution in [-0.4, -0.2) is 54.3 Å². The van der Waals surface area contributed by atoms with Crippen LogP contribution in [0.15, 0.2) is 60.7 Å². The molecule has 0 radical (unpaired) electrons. The van der Waals surface area contributed by atoms with Gasteiger partial charge in [0.25, 0.3) is 0 Å². The Labute approximate surface area is 172 Å². The van der Waals surface area contributed by atoms with Crippen molar-refractivity contribution in [2.45, 2.75) is 6.18 Å². The van der Waals surface area contributed by atoms with E-state index in [0.29, 0.717) is 26.2 Å². The van der Waals surface area contributed by atoms with Crippen LogP contribution < -0.4 is 5.32 Å². The van der Waals surface area contributed by atoms with E-state index in [-0.39, 0.29) is 18.1 Å². The first-order valence-electron chi connectivity index (χ1n) is 9.53. The van der Waals surface area contributed by atoms with Gasteiger partial charge < -0.3 is 10.2 Å². The molecule has 2 amide bonds. The average molecular weight is 417 g/mol. The number of piperazine rings is 1. The number of anilines is 1. The van der Waals surface area contributed by atoms with Crippen LogP contribution in [0.3, 0.4) is 0 Å². The number of nitrogens with zero attached hydrogens (tertiary/aromatic N) is 2. The lowest BCUT2D eigenvalue weighted by molar-refractivity contribution is -0.137. The quantitative estimate of drug-likeness (QED) is 0.758. The minimum atomic E-state index is -4.54. The molecule has 3 rings (SSSR count). The summed E-state index contributed by atoms with van der Waals surface area (Å²) in [5.41, 5.74) is -0.200. The second kappa shape index (κ2) is 9.58. The predicted molar refractivity (Wildman–Crippen MR) is 109 cm³/mol. The van der Waals surface area contributed by atoms with Gasteiger partial charge in [-0.25, -0.2) is 0 Å². The zero-order chi connectivity index (χ0) is 21.6. The third kappa shape index (κ3) is 5.93. The number of carbonyl (C=O) groups excluding carboxylic acids is 2. The van der Waals surface area contributed by atoms with E-state index < -0.39 is 17.6 Å². The van der Waals surface area contributed by atoms with Gasteiger partial charge in [0.05, 0.1) is 17.8 Å². The highest BCUT2D eigenvalue weighted by Gasteiger charge is 2.33. The SMILES string of the molecule is O=C(CN1CCN(C(=O)/C=C/c2ccccc2)CC1)Nc1ccccc1C(F)(F)F. The topological polar surface area (TPSA) is 52.7 Å². The van der Waals surface area contributed by atoms with Crippen molar-refractivity contribution in [3.8, 4) is 0 Å². The number of benzene rings is 2. The van der Waals surface area contributed by atoms with Gasteiger partial charge in [-0.05, 0) is 23.8 Å². The van der Waals surface area contributed by atoms with Crippen LogP contribution in [-0.2, 0) is 15.8 Å². The van der Waals surface area contributed by atoms with Gasteiger partial charge in [0.2, 0.25) is 11.8 Å². The molecule has 0 unspecified atom stereocenters. The predicted octanol–water partition coefficient (Wildman–Crippen LogP) is 3.50. The molecule has 0 aromatic heterocycles. The normalized spacial score (nSPS) is 15.4. The Morgan fingerprint density at radius 3 is 2.23 bits per heavy atom. The average Bonchev–Trinajstić information content (AvgIpc) is 2.73. The lowest BCUT2D eigenvalue weighted by Crippen LogP contribution is -2.50. The molecular formula is C22H22F3N3O2. The van der Waals surface area contributed by atoms with Crippen molar-refractivity contribution in [2.24, 2.45) is 0 Å². The van der Waals surface area contributed by atoms with Crippen LogP contribution in [0, 0.1) is 0 Å². The van der Waals surface area contributed by atoms with Crippen molar-refractivity contribution in [3.05, 3.63) is 71.8 Å². The molecule has 158 valence electrons. The molecule has 0 bridgehead atoms. The number of nitrogens with one attached hydrogen (secondary N) is 1. The zero-order valence-electron chi connectivity index (χ0n) is 16.2. The molecule has 0 spiro atoms. The first-order valence-corrected chi connectivity index (χ1v) is 9.53. The van der Waals surface area contributed by atoms with E-state index in [2.05, 4.69) is 5.32 Å². The van der Waals surface area contributed by atoms with E-state index in [4.69, 9.17) is 0 Å². The highest BCUT2D eigenvalue weighted by Crippen LogP contribution is 2.34. The molecule has 1 heterocycles. The number of halogens is 3. The van der Waals surface area contributed by atoms with Gasteiger partial charge in [0, 0.05) is 32.3 Å². The molecule has 1 saturated heterocycles. The number of hydrogen-bond acceptors (Lipinski definition) is 3. The molecule has 8 heteroatoms. The Morgan fingerprint density at radius 2 is 1.57 bits per heavy atom. The fourth-order valence-electron chi connectivity index (χ4n) is 3.20. The summed E-state index contributed by atoms with van der Waals surface area (Å²) in [4.78, 5) is 28.0. The minimum absolute atomic E-state index is 0.0337. The van der Waals surface area contributed by atoms with Crippen LogP contribution in [0.25, 0.3) is 6.08 Å². The third-order valence-electron chi connectivity index (χ3n) is 4.78. The molecule has 0 aliphatic carbocycles. The first-order chi connectivity index (χ1) is 14.3. The van der Waals surface area contributed by atoms with Gasteiger partial charge in [0.15, 0.2) is 0 Å². The van der Waals surface area contributed by atoms with Gasteiger partial charge in [-0.15, -0.1) is 0 Å². The van der Waals surface area contributed by atoms with E-state index in [1.165, 1.54) is 24.3 Å². The summed E-state index contributed by atoms with van der Waals surface area (Å²) in [6, 6.07) is 14.4. The highest BCUT2D eigenvalue weighted by molar-refractivity contribution is 5.93. The van der Waals surface area contributed by atoms with Crippen molar-refractivity contribution >= 4 is 23.6 Å². The third-order valence-corrected chi connectivity index (χ3v) is 4.78. The number of amides is 2. The van der Waals surface area contributed by atoms with E-state index >= 15 is 0 Å². The van der Waals surface area contributed by atoms with E-state index in [9.17, 15) is 22.8 Å². The summed E-state index contributed by atoms with van der Waals surface area (Å²) < 4.78 is 39.1. The molecule has 1 aliphatic rings. The van der Waals surface area contributed by atoms with Gasteiger partial charge >= 0.3 is 6.18 Å². The van der Waals surface area contributed by atoms with Gasteiger partial charge in [-0.2, -0.15) is 13.2 Å². The number of rotatable bonds is 5. The van der Waals surface area contributed by atoms with E-state index in [1.807, 2.05) is 35.2 Å². The van der Waals surface area contributed by atoms with Crippen LogP contribution in [0.2, 0.25) is 0 Å². The van der Waals surface area contributed by atoms with Crippen molar-refractivity contribution in [1.29, 1.82) is 0 Å². The standard InChI is InChI=1S/C22H22F3N3O2/c23-22(24,25)18-8-4-5-9-19(18)26-20(29)16-27-12-14-28(15-13-27)21(30)11-10-17-6-2-1-3-7-17/h1-11H,12-16H2,(H,26,29)/b11-10+. The molecule has 1 aliphatic heterocycles. The summed E-state index contributed by atoms with van der Waals surface area (Å²) >= 11 is 0. The highest BCUT2D eigenvalue weighted by atomic mass is 19.4. The Morgan fingerprint density at radius 1 is 0.933 bits per heavy atom. The smallest absolute Gasteiger partial charge is 0.337 e. The van der Waals surface area contributed by atoms with E-state index in [1.54, 1.807) is 11.0 Å². The maximum atomic E-state index is 13.0. The Bertz CT molecular complexity index is 905. The van der Waals surface area contributed by atoms with Crippen molar-refractivity contribution in [1.82, 2.24) is 9.80 Å². The molecule has 30 heavy (non-hydrogen) atoms. The van der Waals surface area contributed by atoms with Crippen molar-refractivity contribution < 1.29 is 22.8 Å². The molecule has 0 atom stereocenters. The second-order valence-electron chi connectivity index (χ2n) is 6.94. The Balaban J connectivity index is 1.48. The molecule has 5 nitrogen and oxygen atoms in total. The number of carbonyl (C=O) groups is 2. The summed E-state index contributed by atoms with van der Waals surface area (Å²) in [6.45, 7) is 1.81. The summed E-state index contributed by atoms with van der Waals surface area (Å²) in [7, 11) is 0. The fraction of sp³-hybridized carbons (Fsp3) is 0.273. The lowest BCUT2D eigenvalue weighted by Gasteiger charge is -2.33. The molecule has 2 aromatic rings. The van der Waals surface area contributed by atoms with Crippen molar-refractivity contribution in [2.75, 3.05) is 38.0 Å². The summed E-state index contributed by atoms with van der Waals surface area (Å²) in [6.07, 6.45) is -1.27. The van der Waals surface area contributed by atoms with Crippen LogP contribution in [0.5, 0.6) is 0 Å². The monoisotopic (exact) mass is 417 g/mol. The molecular weight excluding hydrogens is 395 g/mol. The van der Waals surface area contributed by atoms with Crippen LogP contribution >= 0.6 is 0 Å². The number of hydrogen-bond donors (Lipinski definition) is 1. The van der Waals surface area contributed by atoms with E-state index in [0.717, 1.165) is 11.6 Å². The maximum Gasteiger partial charge on any atom is 0.418 e. The van der Waals surface area contributed by atoms with Crippen molar-refractivity contribution in [3.63, 3.8) is 0 Å². The minimum Gasteiger partial charge on any atom is -0.337 e. The molecule has 2 aromatic carbocycles. The molecule has 1 fully saturated rings. The number of para-hydroxylation sites is 1. The maximum absolute atomic E-state index is 13.0. The first kappa shape index (κ1) is 21.6. The van der Waals surface area contributed by atoms with Gasteiger partial charge in [0.1, 0.15) is 0 Å². The largest absolute Gasteiger partial charge is 0.418 e. The van der Waals surface area contributed by atoms with Crippen LogP contribution in [0.1, 0.15) is 11.1 Å². The molecule has 1 N–H and O–H groups in total. The summed E-state index contributed by atoms with van der Waals surface area (Å²) in [5, 5.41) is 2.34. The van der Waals surface area contributed by atoms with Gasteiger partial charge in [-0.1, -0.05) is 42.5 Å². The van der Waals surface area contributed by atoms with Gasteiger partial charge in [-0.3, -0.25) is 14.5 Å². The lowest BCUT2D eigenvalue weighted by atomic mass is 10.1.